The molecule has 0 aromatic carbocycles. The van der Waals surface area contributed by atoms with Gasteiger partial charge in [-0.1, -0.05) is 13.8 Å². The van der Waals surface area contributed by atoms with Crippen LogP contribution >= 0.6 is 11.8 Å². The molecule has 1 saturated heterocycles. The van der Waals surface area contributed by atoms with Crippen molar-refractivity contribution in [1.82, 2.24) is 4.90 Å². The summed E-state index contributed by atoms with van der Waals surface area (Å²) in [6, 6.07) is 0.488. The molecule has 0 saturated carbocycles. The van der Waals surface area contributed by atoms with Gasteiger partial charge in [-0.15, -0.1) is 0 Å². The van der Waals surface area contributed by atoms with Crippen LogP contribution in [0, 0.1) is 5.92 Å². The zero-order valence-electron chi connectivity index (χ0n) is 10.7. The van der Waals surface area contributed by atoms with Gasteiger partial charge in [0.25, 0.3) is 0 Å². The van der Waals surface area contributed by atoms with Crippen molar-refractivity contribution in [3.8, 4) is 0 Å². The van der Waals surface area contributed by atoms with E-state index in [1.165, 1.54) is 11.5 Å². The largest absolute Gasteiger partial charge is 0.394 e. The highest BCUT2D eigenvalue weighted by atomic mass is 32.2. The Labute approximate surface area is 104 Å². The molecule has 0 aromatic rings. The molecule has 1 rings (SSSR count). The lowest BCUT2D eigenvalue weighted by Gasteiger charge is -2.37. The fourth-order valence-electron chi connectivity index (χ4n) is 1.80. The zero-order chi connectivity index (χ0) is 12.0. The molecule has 0 amide bonds. The standard InChI is InChI=1S/C12H25NO2S/c1-10(2)9-16-5-4-13-6-12(7-14)15-8-11(13)3/h10-12,14H,4-9H2,1-3H3. The molecule has 0 aliphatic carbocycles. The van der Waals surface area contributed by atoms with E-state index in [1.54, 1.807) is 0 Å². The van der Waals surface area contributed by atoms with Gasteiger partial charge in [-0.05, 0) is 18.6 Å². The van der Waals surface area contributed by atoms with Crippen LogP contribution in [0.5, 0.6) is 0 Å². The highest BCUT2D eigenvalue weighted by Gasteiger charge is 2.24. The fraction of sp³-hybridized carbons (Fsp3) is 1.00. The molecule has 0 radical (unpaired) electrons. The van der Waals surface area contributed by atoms with Crippen LogP contribution in [0.1, 0.15) is 20.8 Å². The molecule has 1 heterocycles. The van der Waals surface area contributed by atoms with Crippen LogP contribution in [0.25, 0.3) is 0 Å². The van der Waals surface area contributed by atoms with Gasteiger partial charge in [-0.3, -0.25) is 4.90 Å². The predicted octanol–water partition coefficient (Wildman–Crippen LogP) is 1.46. The Morgan fingerprint density at radius 3 is 2.88 bits per heavy atom. The Morgan fingerprint density at radius 1 is 1.50 bits per heavy atom. The van der Waals surface area contributed by atoms with Crippen molar-refractivity contribution in [1.29, 1.82) is 0 Å². The molecule has 3 nitrogen and oxygen atoms in total. The smallest absolute Gasteiger partial charge is 0.0933 e. The third-order valence-electron chi connectivity index (χ3n) is 2.81. The Balaban J connectivity index is 2.18. The second-order valence-electron chi connectivity index (χ2n) is 4.95. The maximum Gasteiger partial charge on any atom is 0.0933 e. The van der Waals surface area contributed by atoms with E-state index in [0.717, 1.165) is 25.6 Å². The summed E-state index contributed by atoms with van der Waals surface area (Å²) >= 11 is 2.02. The molecule has 2 atom stereocenters. The van der Waals surface area contributed by atoms with E-state index >= 15 is 0 Å². The topological polar surface area (TPSA) is 32.7 Å². The van der Waals surface area contributed by atoms with Gasteiger partial charge in [0.15, 0.2) is 0 Å². The van der Waals surface area contributed by atoms with Crippen LogP contribution < -0.4 is 0 Å². The summed E-state index contributed by atoms with van der Waals surface area (Å²) in [5, 5.41) is 9.08. The van der Waals surface area contributed by atoms with E-state index in [2.05, 4.69) is 25.7 Å². The Kier molecular flexibility index (Phi) is 6.73. The third kappa shape index (κ3) is 5.04. The number of rotatable bonds is 6. The van der Waals surface area contributed by atoms with E-state index < -0.39 is 0 Å². The maximum absolute atomic E-state index is 9.08. The van der Waals surface area contributed by atoms with E-state index in [-0.39, 0.29) is 12.7 Å². The van der Waals surface area contributed by atoms with Crippen LogP contribution in [0.2, 0.25) is 0 Å². The summed E-state index contributed by atoms with van der Waals surface area (Å²) in [4.78, 5) is 2.43. The monoisotopic (exact) mass is 247 g/mol. The summed E-state index contributed by atoms with van der Waals surface area (Å²) in [6.07, 6.45) is 0.0197. The third-order valence-corrected chi connectivity index (χ3v) is 4.19. The molecule has 1 aliphatic heterocycles. The number of thioether (sulfide) groups is 1. The Bertz CT molecular complexity index is 190. The first kappa shape index (κ1) is 14.3. The van der Waals surface area contributed by atoms with Gasteiger partial charge in [0.2, 0.25) is 0 Å². The number of morpholine rings is 1. The molecule has 96 valence electrons. The van der Waals surface area contributed by atoms with Gasteiger partial charge in [-0.25, -0.2) is 0 Å². The van der Waals surface area contributed by atoms with Crippen molar-refractivity contribution < 1.29 is 9.84 Å². The summed E-state index contributed by atoms with van der Waals surface area (Å²) in [7, 11) is 0. The summed E-state index contributed by atoms with van der Waals surface area (Å²) in [5.41, 5.74) is 0. The number of nitrogens with zero attached hydrogens (tertiary/aromatic N) is 1. The van der Waals surface area contributed by atoms with Gasteiger partial charge in [-0.2, -0.15) is 11.8 Å². The van der Waals surface area contributed by atoms with Gasteiger partial charge in [0.1, 0.15) is 0 Å². The highest BCUT2D eigenvalue weighted by molar-refractivity contribution is 7.99. The molecule has 1 N–H and O–H groups in total. The van der Waals surface area contributed by atoms with Crippen molar-refractivity contribution in [2.24, 2.45) is 5.92 Å². The van der Waals surface area contributed by atoms with Crippen molar-refractivity contribution in [3.05, 3.63) is 0 Å². The first-order valence-corrected chi connectivity index (χ1v) is 7.33. The van der Waals surface area contributed by atoms with Crippen LogP contribution in [0.15, 0.2) is 0 Å². The second-order valence-corrected chi connectivity index (χ2v) is 6.10. The molecule has 16 heavy (non-hydrogen) atoms. The molecular formula is C12H25NO2S. The van der Waals surface area contributed by atoms with Crippen molar-refractivity contribution in [3.63, 3.8) is 0 Å². The Morgan fingerprint density at radius 2 is 2.25 bits per heavy atom. The highest BCUT2D eigenvalue weighted by Crippen LogP contribution is 2.13. The quantitative estimate of drug-likeness (QED) is 0.720. The van der Waals surface area contributed by atoms with Gasteiger partial charge in [0, 0.05) is 24.9 Å². The van der Waals surface area contributed by atoms with Crippen molar-refractivity contribution >= 4 is 11.8 Å². The number of hydrogen-bond donors (Lipinski definition) is 1. The first-order valence-electron chi connectivity index (χ1n) is 6.17. The van der Waals surface area contributed by atoms with E-state index in [9.17, 15) is 0 Å². The van der Waals surface area contributed by atoms with E-state index in [0.29, 0.717) is 6.04 Å². The molecule has 2 unspecified atom stereocenters. The average Bonchev–Trinajstić information content (AvgIpc) is 2.26. The molecule has 1 fully saturated rings. The summed E-state index contributed by atoms with van der Waals surface area (Å²) in [6.45, 7) is 9.58. The lowest BCUT2D eigenvalue weighted by molar-refractivity contribution is -0.0757. The van der Waals surface area contributed by atoms with Gasteiger partial charge < -0.3 is 9.84 Å². The average molecular weight is 247 g/mol. The predicted molar refractivity (Wildman–Crippen MR) is 70.0 cm³/mol. The minimum Gasteiger partial charge on any atom is -0.394 e. The number of aliphatic hydroxyl groups is 1. The molecule has 1 aliphatic rings. The molecule has 0 bridgehead atoms. The van der Waals surface area contributed by atoms with Crippen LogP contribution in [-0.2, 0) is 4.74 Å². The zero-order valence-corrected chi connectivity index (χ0v) is 11.5. The van der Waals surface area contributed by atoms with E-state index in [1.807, 2.05) is 11.8 Å². The van der Waals surface area contributed by atoms with Crippen LogP contribution in [-0.4, -0.2) is 60.0 Å². The first-order chi connectivity index (χ1) is 7.63. The number of hydrogen-bond acceptors (Lipinski definition) is 4. The van der Waals surface area contributed by atoms with Crippen LogP contribution in [0.3, 0.4) is 0 Å². The minimum absolute atomic E-state index is 0.0197. The van der Waals surface area contributed by atoms with Gasteiger partial charge >= 0.3 is 0 Å². The number of ether oxygens (including phenoxy) is 1. The normalized spacial score (nSPS) is 27.6. The molecule has 0 aromatic heterocycles. The van der Waals surface area contributed by atoms with Crippen LogP contribution in [0.4, 0.5) is 0 Å². The maximum atomic E-state index is 9.08. The second kappa shape index (κ2) is 7.54. The molecule has 4 heteroatoms. The number of aliphatic hydroxyl groups excluding tert-OH is 1. The van der Waals surface area contributed by atoms with Crippen molar-refractivity contribution in [2.75, 3.05) is 37.8 Å². The Hall–Kier alpha value is 0.230. The summed E-state index contributed by atoms with van der Waals surface area (Å²) in [5.74, 6) is 3.19. The SMILES string of the molecule is CC(C)CSCCN1CC(CO)OCC1C. The van der Waals surface area contributed by atoms with E-state index in [4.69, 9.17) is 9.84 Å². The summed E-state index contributed by atoms with van der Waals surface area (Å²) < 4.78 is 5.52. The minimum atomic E-state index is 0.0197. The lowest BCUT2D eigenvalue weighted by Crippen LogP contribution is -2.50. The molecular weight excluding hydrogens is 222 g/mol. The fourth-order valence-corrected chi connectivity index (χ4v) is 2.80. The lowest BCUT2D eigenvalue weighted by atomic mass is 10.2. The molecule has 0 spiro atoms. The van der Waals surface area contributed by atoms with Crippen molar-refractivity contribution in [2.45, 2.75) is 32.9 Å². The van der Waals surface area contributed by atoms with Gasteiger partial charge in [0.05, 0.1) is 19.3 Å².